The zero-order valence-electron chi connectivity index (χ0n) is 8.53. The first-order chi connectivity index (χ1) is 7.70. The number of benzene rings is 1. The molecule has 0 radical (unpaired) electrons. The molecule has 1 heterocycles. The van der Waals surface area contributed by atoms with Gasteiger partial charge in [-0.15, -0.1) is 0 Å². The molecule has 0 bridgehead atoms. The summed E-state index contributed by atoms with van der Waals surface area (Å²) < 4.78 is 18.0. The van der Waals surface area contributed by atoms with Crippen LogP contribution in [0.1, 0.15) is 0 Å². The van der Waals surface area contributed by atoms with Crippen LogP contribution >= 0.6 is 0 Å². The summed E-state index contributed by atoms with van der Waals surface area (Å²) >= 11 is 0. The lowest BCUT2D eigenvalue weighted by Crippen LogP contribution is -2.05. The molecule has 0 amide bonds. The molecule has 5 heteroatoms. The second kappa shape index (κ2) is 4.14. The summed E-state index contributed by atoms with van der Waals surface area (Å²) in [6, 6.07) is 5.58. The SMILES string of the molecule is COc1cc(-c2nccc(=O)[nH]2)ccc1F. The van der Waals surface area contributed by atoms with Gasteiger partial charge in [0.05, 0.1) is 7.11 Å². The van der Waals surface area contributed by atoms with E-state index in [1.165, 1.54) is 37.6 Å². The molecular weight excluding hydrogens is 211 g/mol. The van der Waals surface area contributed by atoms with Gasteiger partial charge in [-0.25, -0.2) is 9.37 Å². The minimum absolute atomic E-state index is 0.115. The molecule has 16 heavy (non-hydrogen) atoms. The van der Waals surface area contributed by atoms with E-state index in [0.717, 1.165) is 0 Å². The fourth-order valence-corrected chi connectivity index (χ4v) is 1.32. The van der Waals surface area contributed by atoms with Gasteiger partial charge in [0.25, 0.3) is 5.56 Å². The van der Waals surface area contributed by atoms with Crippen molar-refractivity contribution in [1.29, 1.82) is 0 Å². The minimum Gasteiger partial charge on any atom is -0.494 e. The van der Waals surface area contributed by atoms with E-state index < -0.39 is 5.82 Å². The van der Waals surface area contributed by atoms with Gasteiger partial charge in [0.15, 0.2) is 11.6 Å². The topological polar surface area (TPSA) is 55.0 Å². The fourth-order valence-electron chi connectivity index (χ4n) is 1.32. The highest BCUT2D eigenvalue weighted by molar-refractivity contribution is 5.57. The van der Waals surface area contributed by atoms with Crippen LogP contribution in [-0.4, -0.2) is 17.1 Å². The third-order valence-electron chi connectivity index (χ3n) is 2.10. The van der Waals surface area contributed by atoms with Gasteiger partial charge in [-0.2, -0.15) is 0 Å². The van der Waals surface area contributed by atoms with Crippen LogP contribution in [0.2, 0.25) is 0 Å². The summed E-state index contributed by atoms with van der Waals surface area (Å²) in [7, 11) is 1.38. The van der Waals surface area contributed by atoms with E-state index in [4.69, 9.17) is 4.74 Å². The molecule has 2 rings (SSSR count). The Balaban J connectivity index is 2.52. The Labute approximate surface area is 90.7 Å². The molecule has 82 valence electrons. The van der Waals surface area contributed by atoms with Gasteiger partial charge >= 0.3 is 0 Å². The molecule has 0 atom stereocenters. The largest absolute Gasteiger partial charge is 0.494 e. The molecule has 0 aliphatic rings. The van der Waals surface area contributed by atoms with Gasteiger partial charge < -0.3 is 9.72 Å². The molecule has 4 nitrogen and oxygen atoms in total. The van der Waals surface area contributed by atoms with E-state index in [2.05, 4.69) is 9.97 Å². The number of hydrogen-bond acceptors (Lipinski definition) is 3. The lowest BCUT2D eigenvalue weighted by molar-refractivity contribution is 0.387. The maximum absolute atomic E-state index is 13.1. The van der Waals surface area contributed by atoms with Crippen molar-refractivity contribution in [2.24, 2.45) is 0 Å². The first kappa shape index (κ1) is 10.4. The molecule has 0 spiro atoms. The van der Waals surface area contributed by atoms with Crippen LogP contribution in [0.4, 0.5) is 4.39 Å². The summed E-state index contributed by atoms with van der Waals surface area (Å²) in [6.07, 6.45) is 1.39. The third kappa shape index (κ3) is 1.93. The monoisotopic (exact) mass is 220 g/mol. The van der Waals surface area contributed by atoms with Gasteiger partial charge in [-0.05, 0) is 18.2 Å². The molecule has 0 aliphatic carbocycles. The highest BCUT2D eigenvalue weighted by Gasteiger charge is 2.06. The van der Waals surface area contributed by atoms with Crippen molar-refractivity contribution in [3.63, 3.8) is 0 Å². The lowest BCUT2D eigenvalue weighted by Gasteiger charge is -2.04. The number of nitrogens with one attached hydrogen (secondary N) is 1. The van der Waals surface area contributed by atoms with Crippen LogP contribution in [0.3, 0.4) is 0 Å². The van der Waals surface area contributed by atoms with Crippen molar-refractivity contribution in [1.82, 2.24) is 9.97 Å². The second-order valence-electron chi connectivity index (χ2n) is 3.13. The molecular formula is C11H9FN2O2. The molecule has 0 unspecified atom stereocenters. The maximum atomic E-state index is 13.1. The fraction of sp³-hybridized carbons (Fsp3) is 0.0909. The lowest BCUT2D eigenvalue weighted by atomic mass is 10.2. The van der Waals surface area contributed by atoms with E-state index >= 15 is 0 Å². The van der Waals surface area contributed by atoms with Crippen molar-refractivity contribution in [3.8, 4) is 17.1 Å². The molecule has 1 N–H and O–H groups in total. The number of H-pyrrole nitrogens is 1. The van der Waals surface area contributed by atoms with E-state index in [0.29, 0.717) is 11.4 Å². The Kier molecular flexibility index (Phi) is 2.68. The predicted octanol–water partition coefficient (Wildman–Crippen LogP) is 1.58. The molecule has 0 fully saturated rings. The van der Waals surface area contributed by atoms with Crippen molar-refractivity contribution in [2.75, 3.05) is 7.11 Å². The molecule has 1 aromatic heterocycles. The van der Waals surface area contributed by atoms with Crippen LogP contribution in [0, 0.1) is 5.82 Å². The van der Waals surface area contributed by atoms with Gasteiger partial charge in [-0.3, -0.25) is 4.79 Å². The summed E-state index contributed by atoms with van der Waals surface area (Å²) in [5.41, 5.74) is 0.337. The predicted molar refractivity (Wildman–Crippen MR) is 56.8 cm³/mol. The summed E-state index contributed by atoms with van der Waals surface area (Å²) in [6.45, 7) is 0. The first-order valence-corrected chi connectivity index (χ1v) is 4.60. The summed E-state index contributed by atoms with van der Waals surface area (Å²) in [4.78, 5) is 17.6. The molecule has 0 saturated carbocycles. The maximum Gasteiger partial charge on any atom is 0.251 e. The number of rotatable bonds is 2. The molecule has 0 aliphatic heterocycles. The molecule has 1 aromatic carbocycles. The zero-order valence-corrected chi connectivity index (χ0v) is 8.53. The number of methoxy groups -OCH3 is 1. The highest BCUT2D eigenvalue weighted by atomic mass is 19.1. The average Bonchev–Trinajstić information content (AvgIpc) is 2.29. The van der Waals surface area contributed by atoms with E-state index in [1.807, 2.05) is 0 Å². The van der Waals surface area contributed by atoms with Crippen molar-refractivity contribution in [2.45, 2.75) is 0 Å². The van der Waals surface area contributed by atoms with Gasteiger partial charge in [0, 0.05) is 17.8 Å². The van der Waals surface area contributed by atoms with Crippen LogP contribution in [0.15, 0.2) is 35.3 Å². The smallest absolute Gasteiger partial charge is 0.251 e. The van der Waals surface area contributed by atoms with Crippen molar-refractivity contribution >= 4 is 0 Å². The summed E-state index contributed by atoms with van der Waals surface area (Å²) in [5.74, 6) is 0.0410. The minimum atomic E-state index is -0.454. The molecule has 2 aromatic rings. The van der Waals surface area contributed by atoms with Crippen molar-refractivity contribution in [3.05, 3.63) is 46.6 Å². The highest BCUT2D eigenvalue weighted by Crippen LogP contribution is 2.23. The number of ether oxygens (including phenoxy) is 1. The Morgan fingerprint density at radius 3 is 2.88 bits per heavy atom. The number of halogens is 1. The Hall–Kier alpha value is -2.17. The first-order valence-electron chi connectivity index (χ1n) is 4.60. The number of hydrogen-bond donors (Lipinski definition) is 1. The van der Waals surface area contributed by atoms with Crippen molar-refractivity contribution < 1.29 is 9.13 Å². The Bertz CT molecular complexity index is 566. The van der Waals surface area contributed by atoms with Crippen LogP contribution in [0.5, 0.6) is 5.75 Å². The van der Waals surface area contributed by atoms with Crippen LogP contribution < -0.4 is 10.3 Å². The van der Waals surface area contributed by atoms with E-state index in [9.17, 15) is 9.18 Å². The number of aromatic amines is 1. The van der Waals surface area contributed by atoms with Gasteiger partial charge in [-0.1, -0.05) is 0 Å². The normalized spacial score (nSPS) is 10.1. The standard InChI is InChI=1S/C11H9FN2O2/c1-16-9-6-7(2-3-8(9)12)11-13-5-4-10(15)14-11/h2-6H,1H3,(H,13,14,15). The number of aromatic nitrogens is 2. The molecule has 0 saturated heterocycles. The van der Waals surface area contributed by atoms with E-state index in [-0.39, 0.29) is 11.3 Å². The zero-order chi connectivity index (χ0) is 11.5. The van der Waals surface area contributed by atoms with Gasteiger partial charge in [0.1, 0.15) is 5.82 Å². The number of nitrogens with zero attached hydrogens (tertiary/aromatic N) is 1. The Morgan fingerprint density at radius 2 is 2.19 bits per heavy atom. The quantitative estimate of drug-likeness (QED) is 0.836. The average molecular weight is 220 g/mol. The Morgan fingerprint density at radius 1 is 1.38 bits per heavy atom. The van der Waals surface area contributed by atoms with Crippen LogP contribution in [-0.2, 0) is 0 Å². The van der Waals surface area contributed by atoms with Gasteiger partial charge in [0.2, 0.25) is 0 Å². The van der Waals surface area contributed by atoms with Crippen LogP contribution in [0.25, 0.3) is 11.4 Å². The third-order valence-corrected chi connectivity index (χ3v) is 2.10. The summed E-state index contributed by atoms with van der Waals surface area (Å²) in [5, 5.41) is 0. The second-order valence-corrected chi connectivity index (χ2v) is 3.13. The van der Waals surface area contributed by atoms with E-state index in [1.54, 1.807) is 0 Å².